The van der Waals surface area contributed by atoms with Gasteiger partial charge in [0.1, 0.15) is 11.8 Å². The van der Waals surface area contributed by atoms with E-state index in [4.69, 9.17) is 38.6 Å². The smallest absolute Gasteiger partial charge is 0.493 e. The monoisotopic (exact) mass is 502 g/mol. The molecule has 0 bridgehead atoms. The second-order valence-electron chi connectivity index (χ2n) is 6.50. The summed E-state index contributed by atoms with van der Waals surface area (Å²) in [5, 5.41) is 17.1. The average Bonchev–Trinajstić information content (AvgIpc) is 3.21. The zero-order chi connectivity index (χ0) is 25.5. The summed E-state index contributed by atoms with van der Waals surface area (Å²) in [5.41, 5.74) is 5.70. The highest BCUT2D eigenvalue weighted by Crippen LogP contribution is 2.49. The van der Waals surface area contributed by atoms with Crippen LogP contribution < -0.4 is 15.2 Å². The molecule has 2 rings (SSSR count). The Morgan fingerprint density at radius 1 is 1.09 bits per heavy atom. The van der Waals surface area contributed by atoms with Gasteiger partial charge in [-0.15, -0.1) is 5.10 Å². The Kier molecular flexibility index (Phi) is 9.38. The van der Waals surface area contributed by atoms with Gasteiger partial charge in [-0.1, -0.05) is 0 Å². The molecule has 0 amide bonds. The van der Waals surface area contributed by atoms with Crippen LogP contribution in [0.15, 0.2) is 12.1 Å². The van der Waals surface area contributed by atoms with Gasteiger partial charge in [-0.3, -0.25) is 18.4 Å². The molecule has 0 spiro atoms. The van der Waals surface area contributed by atoms with Crippen molar-refractivity contribution in [2.45, 2.75) is 33.6 Å². The Morgan fingerprint density at radius 3 is 2.21 bits per heavy atom. The first-order valence-electron chi connectivity index (χ1n) is 10.0. The Hall–Kier alpha value is -3.19. The molecule has 34 heavy (non-hydrogen) atoms. The predicted molar refractivity (Wildman–Crippen MR) is 117 cm³/mol. The molecule has 1 heterocycles. The normalized spacial score (nSPS) is 12.3. The lowest BCUT2D eigenvalue weighted by atomic mass is 10.0. The number of phosphoric acid groups is 1. The van der Waals surface area contributed by atoms with Crippen LogP contribution in [0.25, 0.3) is 0 Å². The van der Waals surface area contributed by atoms with Gasteiger partial charge < -0.3 is 25.1 Å². The summed E-state index contributed by atoms with van der Waals surface area (Å²) < 4.78 is 43.0. The number of carbonyl (C=O) groups is 2. The third-order valence-electron chi connectivity index (χ3n) is 4.27. The molecule has 188 valence electrons. The highest BCUT2D eigenvalue weighted by atomic mass is 31.2. The van der Waals surface area contributed by atoms with E-state index in [9.17, 15) is 14.2 Å². The first-order chi connectivity index (χ1) is 16.1. The van der Waals surface area contributed by atoms with E-state index in [1.165, 1.54) is 33.3 Å². The molecule has 0 saturated heterocycles. The van der Waals surface area contributed by atoms with E-state index in [2.05, 4.69) is 10.2 Å². The van der Waals surface area contributed by atoms with Crippen molar-refractivity contribution in [1.29, 1.82) is 0 Å². The Balaban J connectivity index is 2.48. The van der Waals surface area contributed by atoms with Crippen LogP contribution in [0, 0.1) is 0 Å². The van der Waals surface area contributed by atoms with Crippen LogP contribution in [0.1, 0.15) is 48.6 Å². The number of hydrogen-bond donors (Lipinski definition) is 2. The molecule has 2 aromatic rings. The quantitative estimate of drug-likeness (QED) is 0.176. The number of nitrogen functional groups attached to an aromatic ring is 1. The van der Waals surface area contributed by atoms with Gasteiger partial charge in [0.2, 0.25) is 5.78 Å². The number of nitrogens with two attached hydrogens (primary N) is 1. The van der Waals surface area contributed by atoms with E-state index in [0.29, 0.717) is 5.75 Å². The molecule has 0 radical (unpaired) electrons. The van der Waals surface area contributed by atoms with Crippen molar-refractivity contribution in [3.8, 4) is 11.5 Å². The van der Waals surface area contributed by atoms with Crippen molar-refractivity contribution in [3.05, 3.63) is 29.1 Å². The molecule has 1 aromatic carbocycles. The number of anilines is 1. The summed E-state index contributed by atoms with van der Waals surface area (Å²) in [5.74, 6) is -0.154. The Bertz CT molecular complexity index is 1060. The topological polar surface area (TPSA) is 184 Å². The molecule has 15 heteroatoms. The van der Waals surface area contributed by atoms with Crippen LogP contribution in [0.2, 0.25) is 0 Å². The van der Waals surface area contributed by atoms with Gasteiger partial charge in [0.05, 0.1) is 33.0 Å². The zero-order valence-corrected chi connectivity index (χ0v) is 20.2. The largest absolute Gasteiger partial charge is 0.506 e. The number of ketones is 1. The first-order valence-corrected chi connectivity index (χ1v) is 11.5. The number of ether oxygens (including phenoxy) is 3. The molecule has 1 aromatic heterocycles. The van der Waals surface area contributed by atoms with Crippen molar-refractivity contribution in [2.24, 2.45) is 0 Å². The molecular weight excluding hydrogens is 475 g/mol. The van der Waals surface area contributed by atoms with Crippen molar-refractivity contribution in [2.75, 3.05) is 33.2 Å². The number of carbonyl (C=O) groups excluding carboxylic acids is 1. The minimum absolute atomic E-state index is 0.00342. The number of benzene rings is 1. The van der Waals surface area contributed by atoms with E-state index in [-0.39, 0.29) is 41.6 Å². The Labute approximate surface area is 195 Å². The predicted octanol–water partition coefficient (Wildman–Crippen LogP) is 3.02. The third kappa shape index (κ3) is 6.44. The minimum atomic E-state index is -3.91. The average molecular weight is 502 g/mol. The number of hydrogen-bond acceptors (Lipinski definition) is 12. The fourth-order valence-corrected chi connectivity index (χ4v) is 3.93. The van der Waals surface area contributed by atoms with Crippen LogP contribution in [0.4, 0.5) is 10.5 Å². The van der Waals surface area contributed by atoms with Gasteiger partial charge in [-0.25, -0.2) is 9.36 Å². The summed E-state index contributed by atoms with van der Waals surface area (Å²) in [7, 11) is -1.11. The SMILES string of the molecule is CCOP(=O)(OCC)OCn1nc(C(=O)c2cc(OC)c(OC)cc2N)c(C(C)OC(=O)O)n1. The highest BCUT2D eigenvalue weighted by Gasteiger charge is 2.30. The minimum Gasteiger partial charge on any atom is -0.493 e. The molecular formula is C19H27N4O10P. The fourth-order valence-electron chi connectivity index (χ4n) is 2.83. The van der Waals surface area contributed by atoms with Crippen LogP contribution in [-0.2, 0) is 29.6 Å². The highest BCUT2D eigenvalue weighted by molar-refractivity contribution is 7.48. The lowest BCUT2D eigenvalue weighted by molar-refractivity contribution is 0.0556. The molecule has 1 unspecified atom stereocenters. The molecule has 0 fully saturated rings. The summed E-state index contributed by atoms with van der Waals surface area (Å²) >= 11 is 0. The maximum atomic E-state index is 13.3. The maximum Gasteiger partial charge on any atom is 0.506 e. The molecule has 0 aliphatic heterocycles. The number of aromatic nitrogens is 3. The summed E-state index contributed by atoms with van der Waals surface area (Å²) in [6.45, 7) is 4.16. The van der Waals surface area contributed by atoms with Gasteiger partial charge in [-0.2, -0.15) is 9.90 Å². The lowest BCUT2D eigenvalue weighted by Crippen LogP contribution is -2.13. The summed E-state index contributed by atoms with van der Waals surface area (Å²) in [6.07, 6.45) is -2.77. The summed E-state index contributed by atoms with van der Waals surface area (Å²) in [6, 6.07) is 2.76. The van der Waals surface area contributed by atoms with Crippen LogP contribution in [-0.4, -0.2) is 59.5 Å². The van der Waals surface area contributed by atoms with Crippen molar-refractivity contribution in [1.82, 2.24) is 15.0 Å². The van der Waals surface area contributed by atoms with E-state index >= 15 is 0 Å². The summed E-state index contributed by atoms with van der Waals surface area (Å²) in [4.78, 5) is 25.3. The number of methoxy groups -OCH3 is 2. The number of rotatable bonds is 13. The maximum absolute atomic E-state index is 13.3. The van der Waals surface area contributed by atoms with E-state index in [0.717, 1.165) is 4.80 Å². The second-order valence-corrected chi connectivity index (χ2v) is 8.17. The number of nitrogens with zero attached hydrogens (tertiary/aromatic N) is 3. The molecule has 1 atom stereocenters. The van der Waals surface area contributed by atoms with Gasteiger partial charge in [0, 0.05) is 11.8 Å². The van der Waals surface area contributed by atoms with Gasteiger partial charge >= 0.3 is 14.0 Å². The van der Waals surface area contributed by atoms with Crippen molar-refractivity contribution >= 4 is 25.4 Å². The van der Waals surface area contributed by atoms with E-state index < -0.39 is 32.6 Å². The van der Waals surface area contributed by atoms with Gasteiger partial charge in [0.15, 0.2) is 23.9 Å². The number of phosphoric ester groups is 1. The Morgan fingerprint density at radius 2 is 1.68 bits per heavy atom. The number of carboxylic acid groups (broad SMARTS) is 1. The van der Waals surface area contributed by atoms with Crippen LogP contribution >= 0.6 is 7.82 Å². The van der Waals surface area contributed by atoms with E-state index in [1.54, 1.807) is 13.8 Å². The first kappa shape index (κ1) is 27.1. The second kappa shape index (κ2) is 11.8. The molecule has 0 saturated carbocycles. The molecule has 0 aliphatic carbocycles. The van der Waals surface area contributed by atoms with Gasteiger partial charge in [-0.05, 0) is 26.8 Å². The van der Waals surface area contributed by atoms with Crippen molar-refractivity contribution in [3.63, 3.8) is 0 Å². The van der Waals surface area contributed by atoms with E-state index in [1.807, 2.05) is 0 Å². The molecule has 14 nitrogen and oxygen atoms in total. The standard InChI is InChI=1S/C19H27N4O10P/c1-6-30-34(27,31-7-2)32-10-23-21-16(11(3)33-19(25)26)17(22-23)18(24)12-8-14(28-4)15(29-5)9-13(12)20/h8-9,11H,6-7,10,20H2,1-5H3,(H,25,26). The van der Waals surface area contributed by atoms with Gasteiger partial charge in [0.25, 0.3) is 0 Å². The zero-order valence-electron chi connectivity index (χ0n) is 19.3. The van der Waals surface area contributed by atoms with Crippen LogP contribution in [0.3, 0.4) is 0 Å². The molecule has 0 aliphatic rings. The van der Waals surface area contributed by atoms with Crippen molar-refractivity contribution < 1.29 is 47.0 Å². The van der Waals surface area contributed by atoms with Crippen LogP contribution in [0.5, 0.6) is 11.5 Å². The third-order valence-corrected chi connectivity index (χ3v) is 5.85. The molecule has 3 N–H and O–H groups in total. The fraction of sp³-hybridized carbons (Fsp3) is 0.474. The lowest BCUT2D eigenvalue weighted by Gasteiger charge is -2.15.